The molecule has 0 aromatic heterocycles. The molecule has 0 atom stereocenters. The maximum absolute atomic E-state index is 5.61. The third kappa shape index (κ3) is 5.86. The molecule has 0 aliphatic heterocycles. The molecule has 0 bridgehead atoms. The van der Waals surface area contributed by atoms with E-state index in [1.54, 1.807) is 0 Å². The van der Waals surface area contributed by atoms with Crippen molar-refractivity contribution in [2.45, 2.75) is 58.8 Å². The molecule has 0 unspecified atom stereocenters. The standard InChI is InChI=1S/C14H30N2/c1-14(2,9-10-15)12-16-11-8-13-6-4-3-5-7-13/h13,16H,3-12,15H2,1-2H3. The lowest BCUT2D eigenvalue weighted by Gasteiger charge is -2.26. The first-order valence-electron chi connectivity index (χ1n) is 7.05. The van der Waals surface area contributed by atoms with Crippen molar-refractivity contribution >= 4 is 0 Å². The second-order valence-corrected chi connectivity index (χ2v) is 6.17. The van der Waals surface area contributed by atoms with Crippen LogP contribution in [0.5, 0.6) is 0 Å². The van der Waals surface area contributed by atoms with Gasteiger partial charge in [-0.15, -0.1) is 0 Å². The number of nitrogens with two attached hydrogens (primary N) is 1. The highest BCUT2D eigenvalue weighted by molar-refractivity contribution is 4.73. The molecule has 1 aliphatic rings. The van der Waals surface area contributed by atoms with Crippen LogP contribution in [0.3, 0.4) is 0 Å². The summed E-state index contributed by atoms with van der Waals surface area (Å²) in [6.07, 6.45) is 9.81. The first-order valence-corrected chi connectivity index (χ1v) is 7.05. The summed E-state index contributed by atoms with van der Waals surface area (Å²) in [5, 5.41) is 3.60. The predicted molar refractivity (Wildman–Crippen MR) is 71.5 cm³/mol. The molecule has 1 saturated carbocycles. The first kappa shape index (κ1) is 14.0. The van der Waals surface area contributed by atoms with E-state index in [0.29, 0.717) is 5.41 Å². The van der Waals surface area contributed by atoms with E-state index in [2.05, 4.69) is 19.2 Å². The summed E-state index contributed by atoms with van der Waals surface area (Å²) in [7, 11) is 0. The van der Waals surface area contributed by atoms with E-state index in [1.165, 1.54) is 45.1 Å². The van der Waals surface area contributed by atoms with Crippen molar-refractivity contribution in [1.82, 2.24) is 5.32 Å². The van der Waals surface area contributed by atoms with Gasteiger partial charge in [0.05, 0.1) is 0 Å². The summed E-state index contributed by atoms with van der Waals surface area (Å²) < 4.78 is 0. The number of nitrogens with one attached hydrogen (secondary N) is 1. The second kappa shape index (κ2) is 7.29. The predicted octanol–water partition coefficient (Wildman–Crippen LogP) is 2.92. The summed E-state index contributed by atoms with van der Waals surface area (Å²) in [4.78, 5) is 0. The Bertz CT molecular complexity index is 172. The molecule has 16 heavy (non-hydrogen) atoms. The number of rotatable bonds is 7. The maximum atomic E-state index is 5.61. The number of hydrogen-bond donors (Lipinski definition) is 2. The van der Waals surface area contributed by atoms with Crippen LogP contribution in [-0.4, -0.2) is 19.6 Å². The molecule has 0 saturated heterocycles. The molecule has 1 aliphatic carbocycles. The average molecular weight is 226 g/mol. The zero-order chi connectivity index (χ0) is 11.9. The van der Waals surface area contributed by atoms with Crippen molar-refractivity contribution in [1.29, 1.82) is 0 Å². The molecule has 3 N–H and O–H groups in total. The molecule has 2 nitrogen and oxygen atoms in total. The molecule has 0 heterocycles. The highest BCUT2D eigenvalue weighted by atomic mass is 14.9. The van der Waals surface area contributed by atoms with E-state index in [1.807, 2.05) is 0 Å². The van der Waals surface area contributed by atoms with E-state index in [0.717, 1.165) is 25.4 Å². The quantitative estimate of drug-likeness (QED) is 0.655. The Morgan fingerprint density at radius 2 is 1.88 bits per heavy atom. The smallest absolute Gasteiger partial charge is 0.000299 e. The summed E-state index contributed by atoms with van der Waals surface area (Å²) in [5.74, 6) is 0.999. The molecule has 0 aromatic carbocycles. The van der Waals surface area contributed by atoms with Crippen LogP contribution in [0, 0.1) is 11.3 Å². The van der Waals surface area contributed by atoms with E-state index in [9.17, 15) is 0 Å². The third-order valence-electron chi connectivity index (χ3n) is 3.88. The van der Waals surface area contributed by atoms with Crippen LogP contribution in [0.15, 0.2) is 0 Å². The van der Waals surface area contributed by atoms with Gasteiger partial charge in [0.15, 0.2) is 0 Å². The molecule has 0 spiro atoms. The molecular formula is C14H30N2. The van der Waals surface area contributed by atoms with Gasteiger partial charge in [-0.3, -0.25) is 0 Å². The van der Waals surface area contributed by atoms with E-state index < -0.39 is 0 Å². The first-order chi connectivity index (χ1) is 7.64. The summed E-state index contributed by atoms with van der Waals surface area (Å²) >= 11 is 0. The maximum Gasteiger partial charge on any atom is 0.000299 e. The lowest BCUT2D eigenvalue weighted by atomic mass is 9.86. The minimum atomic E-state index is 0.362. The van der Waals surface area contributed by atoms with Crippen molar-refractivity contribution < 1.29 is 0 Å². The van der Waals surface area contributed by atoms with Gasteiger partial charge in [-0.25, -0.2) is 0 Å². The Morgan fingerprint density at radius 3 is 2.50 bits per heavy atom. The van der Waals surface area contributed by atoms with Crippen LogP contribution >= 0.6 is 0 Å². The monoisotopic (exact) mass is 226 g/mol. The van der Waals surface area contributed by atoms with Gasteiger partial charge in [0.25, 0.3) is 0 Å². The Labute approximate surface area is 101 Å². The Balaban J connectivity index is 2.02. The molecule has 0 amide bonds. The Morgan fingerprint density at radius 1 is 1.19 bits per heavy atom. The zero-order valence-corrected chi connectivity index (χ0v) is 11.2. The van der Waals surface area contributed by atoms with Gasteiger partial charge in [-0.05, 0) is 37.3 Å². The van der Waals surface area contributed by atoms with Crippen molar-refractivity contribution in [3.63, 3.8) is 0 Å². The van der Waals surface area contributed by atoms with Crippen molar-refractivity contribution in [3.8, 4) is 0 Å². The Kier molecular flexibility index (Phi) is 6.37. The van der Waals surface area contributed by atoms with Crippen LogP contribution in [0.2, 0.25) is 0 Å². The third-order valence-corrected chi connectivity index (χ3v) is 3.88. The molecular weight excluding hydrogens is 196 g/mol. The van der Waals surface area contributed by atoms with Crippen LogP contribution in [-0.2, 0) is 0 Å². The van der Waals surface area contributed by atoms with Crippen LogP contribution in [0.1, 0.15) is 58.8 Å². The molecule has 96 valence electrons. The molecule has 1 fully saturated rings. The fourth-order valence-electron chi connectivity index (χ4n) is 2.69. The minimum Gasteiger partial charge on any atom is -0.330 e. The fourth-order valence-corrected chi connectivity index (χ4v) is 2.69. The van der Waals surface area contributed by atoms with Crippen LogP contribution in [0.25, 0.3) is 0 Å². The van der Waals surface area contributed by atoms with Crippen LogP contribution < -0.4 is 11.1 Å². The molecule has 2 heteroatoms. The van der Waals surface area contributed by atoms with Gasteiger partial charge in [0, 0.05) is 6.54 Å². The van der Waals surface area contributed by atoms with Gasteiger partial charge in [0.1, 0.15) is 0 Å². The minimum absolute atomic E-state index is 0.362. The summed E-state index contributed by atoms with van der Waals surface area (Å²) in [5.41, 5.74) is 5.97. The van der Waals surface area contributed by atoms with Crippen molar-refractivity contribution in [3.05, 3.63) is 0 Å². The summed E-state index contributed by atoms with van der Waals surface area (Å²) in [6, 6.07) is 0. The SMILES string of the molecule is CC(C)(CCN)CNCCC1CCCCC1. The van der Waals surface area contributed by atoms with Gasteiger partial charge in [0.2, 0.25) is 0 Å². The number of hydrogen-bond acceptors (Lipinski definition) is 2. The normalized spacial score (nSPS) is 18.9. The summed E-state index contributed by atoms with van der Waals surface area (Å²) in [6.45, 7) is 7.70. The molecule has 0 radical (unpaired) electrons. The molecule has 1 rings (SSSR count). The van der Waals surface area contributed by atoms with Gasteiger partial charge in [-0.1, -0.05) is 46.0 Å². The highest BCUT2D eigenvalue weighted by Crippen LogP contribution is 2.26. The topological polar surface area (TPSA) is 38.0 Å². The zero-order valence-electron chi connectivity index (χ0n) is 11.2. The van der Waals surface area contributed by atoms with E-state index >= 15 is 0 Å². The van der Waals surface area contributed by atoms with Crippen molar-refractivity contribution in [2.75, 3.05) is 19.6 Å². The van der Waals surface area contributed by atoms with Gasteiger partial charge < -0.3 is 11.1 Å². The molecule has 0 aromatic rings. The Hall–Kier alpha value is -0.0800. The highest BCUT2D eigenvalue weighted by Gasteiger charge is 2.17. The van der Waals surface area contributed by atoms with Crippen LogP contribution in [0.4, 0.5) is 0 Å². The lowest BCUT2D eigenvalue weighted by molar-refractivity contribution is 0.297. The lowest BCUT2D eigenvalue weighted by Crippen LogP contribution is -2.32. The average Bonchev–Trinajstić information content (AvgIpc) is 2.26. The fraction of sp³-hybridized carbons (Fsp3) is 1.00. The van der Waals surface area contributed by atoms with E-state index in [4.69, 9.17) is 5.73 Å². The van der Waals surface area contributed by atoms with Crippen molar-refractivity contribution in [2.24, 2.45) is 17.1 Å². The largest absolute Gasteiger partial charge is 0.330 e. The second-order valence-electron chi connectivity index (χ2n) is 6.17. The van der Waals surface area contributed by atoms with Gasteiger partial charge >= 0.3 is 0 Å². The van der Waals surface area contributed by atoms with Gasteiger partial charge in [-0.2, -0.15) is 0 Å². The van der Waals surface area contributed by atoms with E-state index in [-0.39, 0.29) is 0 Å².